The molecule has 3 rings (SSSR count). The van der Waals surface area contributed by atoms with E-state index in [-0.39, 0.29) is 12.7 Å². The smallest absolute Gasteiger partial charge is 0.168 e. The summed E-state index contributed by atoms with van der Waals surface area (Å²) in [5.41, 5.74) is 0. The molecule has 6 heteroatoms. The van der Waals surface area contributed by atoms with Gasteiger partial charge in [0, 0.05) is 19.3 Å². The van der Waals surface area contributed by atoms with Gasteiger partial charge in [0.2, 0.25) is 0 Å². The van der Waals surface area contributed by atoms with Gasteiger partial charge in [-0.15, -0.1) is 0 Å². The van der Waals surface area contributed by atoms with E-state index in [0.29, 0.717) is 19.4 Å². The van der Waals surface area contributed by atoms with E-state index in [0.717, 1.165) is 44.9 Å². The van der Waals surface area contributed by atoms with E-state index in [9.17, 15) is 10.2 Å². The quantitative estimate of drug-likeness (QED) is 0.681. The number of hydrogen-bond donors (Lipinski definition) is 2. The molecular formula is C19H34O6. The zero-order valence-electron chi connectivity index (χ0n) is 15.6. The predicted octanol–water partition coefficient (Wildman–Crippen LogP) is 2.50. The molecule has 0 amide bonds. The minimum Gasteiger partial charge on any atom is -0.387 e. The van der Waals surface area contributed by atoms with Gasteiger partial charge in [-0.05, 0) is 25.7 Å². The molecule has 146 valence electrons. The maximum atomic E-state index is 10.7. The van der Waals surface area contributed by atoms with E-state index >= 15 is 0 Å². The second-order valence-electron chi connectivity index (χ2n) is 7.79. The summed E-state index contributed by atoms with van der Waals surface area (Å²) in [6.07, 6.45) is 6.01. The maximum Gasteiger partial charge on any atom is 0.168 e. The lowest BCUT2D eigenvalue weighted by Crippen LogP contribution is -2.46. The summed E-state index contributed by atoms with van der Waals surface area (Å²) in [7, 11) is 0. The molecule has 2 N–H and O–H groups in total. The molecule has 2 aliphatic heterocycles. The first-order valence-electron chi connectivity index (χ1n) is 10.0. The van der Waals surface area contributed by atoms with Crippen LogP contribution >= 0.6 is 0 Å². The lowest BCUT2D eigenvalue weighted by atomic mass is 9.94. The number of ether oxygens (including phenoxy) is 4. The summed E-state index contributed by atoms with van der Waals surface area (Å²) in [5.74, 6) is -1.67. The molecule has 1 aliphatic carbocycles. The van der Waals surface area contributed by atoms with Crippen molar-refractivity contribution in [3.8, 4) is 0 Å². The number of aliphatic hydroxyl groups excluding tert-OH is 1. The van der Waals surface area contributed by atoms with Crippen molar-refractivity contribution in [1.82, 2.24) is 0 Å². The van der Waals surface area contributed by atoms with Gasteiger partial charge in [0.1, 0.15) is 24.4 Å². The van der Waals surface area contributed by atoms with Gasteiger partial charge in [0.25, 0.3) is 0 Å². The number of rotatable bonds is 7. The number of unbranched alkanes of at least 4 members (excludes halogenated alkanes) is 1. The molecule has 0 radical (unpaired) electrons. The van der Waals surface area contributed by atoms with Gasteiger partial charge in [0.15, 0.2) is 11.6 Å². The lowest BCUT2D eigenvalue weighted by Gasteiger charge is -2.35. The Balaban J connectivity index is 1.56. The third kappa shape index (κ3) is 4.37. The first-order chi connectivity index (χ1) is 12.0. The summed E-state index contributed by atoms with van der Waals surface area (Å²) in [4.78, 5) is 0. The highest BCUT2D eigenvalue weighted by molar-refractivity contribution is 4.94. The zero-order chi connectivity index (χ0) is 17.9. The molecule has 25 heavy (non-hydrogen) atoms. The second kappa shape index (κ2) is 8.19. The predicted molar refractivity (Wildman–Crippen MR) is 92.0 cm³/mol. The maximum absolute atomic E-state index is 10.7. The van der Waals surface area contributed by atoms with Gasteiger partial charge >= 0.3 is 0 Å². The first kappa shape index (κ1) is 19.5. The summed E-state index contributed by atoms with van der Waals surface area (Å²) >= 11 is 0. The van der Waals surface area contributed by atoms with Crippen LogP contribution < -0.4 is 0 Å². The molecule has 0 aromatic carbocycles. The number of hydrogen-bond acceptors (Lipinski definition) is 6. The van der Waals surface area contributed by atoms with Gasteiger partial charge in [-0.2, -0.15) is 0 Å². The summed E-state index contributed by atoms with van der Waals surface area (Å²) in [6.45, 7) is 4.92. The monoisotopic (exact) mass is 358 g/mol. The van der Waals surface area contributed by atoms with Crippen molar-refractivity contribution in [3.05, 3.63) is 0 Å². The molecule has 6 nitrogen and oxygen atoms in total. The van der Waals surface area contributed by atoms with Crippen molar-refractivity contribution < 1.29 is 29.2 Å². The summed E-state index contributed by atoms with van der Waals surface area (Å²) < 4.78 is 23.8. The van der Waals surface area contributed by atoms with Gasteiger partial charge in [-0.25, -0.2) is 0 Å². The van der Waals surface area contributed by atoms with Crippen LogP contribution in [0.25, 0.3) is 0 Å². The van der Waals surface area contributed by atoms with Crippen LogP contribution in [0.1, 0.15) is 71.6 Å². The Hall–Kier alpha value is -0.240. The fourth-order valence-electron chi connectivity index (χ4n) is 4.23. The van der Waals surface area contributed by atoms with Crippen molar-refractivity contribution in [3.63, 3.8) is 0 Å². The Morgan fingerprint density at radius 1 is 1.12 bits per heavy atom. The van der Waals surface area contributed by atoms with Crippen LogP contribution in [0, 0.1) is 0 Å². The normalized spacial score (nSPS) is 41.3. The van der Waals surface area contributed by atoms with Crippen molar-refractivity contribution in [2.24, 2.45) is 0 Å². The number of aliphatic hydroxyl groups is 2. The van der Waals surface area contributed by atoms with Gasteiger partial charge in [-0.3, -0.25) is 0 Å². The van der Waals surface area contributed by atoms with E-state index in [1.54, 1.807) is 0 Å². The Morgan fingerprint density at radius 2 is 1.88 bits per heavy atom. The van der Waals surface area contributed by atoms with Crippen molar-refractivity contribution in [2.75, 3.05) is 13.2 Å². The molecule has 2 saturated heterocycles. The first-order valence-corrected chi connectivity index (χ1v) is 10.0. The minimum absolute atomic E-state index is 0.280. The average Bonchev–Trinajstić information content (AvgIpc) is 3.18. The van der Waals surface area contributed by atoms with Crippen LogP contribution in [0.15, 0.2) is 0 Å². The molecule has 0 aromatic rings. The summed E-state index contributed by atoms with van der Waals surface area (Å²) in [6, 6.07) is 0. The Labute approximate surface area is 150 Å². The Kier molecular flexibility index (Phi) is 6.40. The Bertz CT molecular complexity index is 424. The molecule has 3 aliphatic rings. The topological polar surface area (TPSA) is 77.4 Å². The molecule has 2 heterocycles. The zero-order valence-corrected chi connectivity index (χ0v) is 15.6. The third-order valence-electron chi connectivity index (χ3n) is 5.87. The standard InChI is InChI=1S/C19H34O6/c1-3-5-11-19(4-2)23-13-15(25-19)17-16(20)14(12-22-17)24-18(21)9-7-6-8-10-18/h14-17,20-21H,3-13H2,1-2H3. The van der Waals surface area contributed by atoms with Gasteiger partial charge in [-0.1, -0.05) is 26.7 Å². The van der Waals surface area contributed by atoms with Crippen LogP contribution in [0.5, 0.6) is 0 Å². The van der Waals surface area contributed by atoms with E-state index in [1.165, 1.54) is 0 Å². The van der Waals surface area contributed by atoms with Gasteiger partial charge < -0.3 is 29.2 Å². The molecular weight excluding hydrogens is 324 g/mol. The molecule has 0 spiro atoms. The minimum atomic E-state index is -1.12. The van der Waals surface area contributed by atoms with Crippen LogP contribution in [0.3, 0.4) is 0 Å². The van der Waals surface area contributed by atoms with Gasteiger partial charge in [0.05, 0.1) is 13.2 Å². The molecule has 1 saturated carbocycles. The van der Waals surface area contributed by atoms with E-state index in [2.05, 4.69) is 13.8 Å². The van der Waals surface area contributed by atoms with Crippen LogP contribution in [-0.2, 0) is 18.9 Å². The summed E-state index contributed by atoms with van der Waals surface area (Å²) in [5, 5.41) is 21.3. The highest BCUT2D eigenvalue weighted by atomic mass is 16.8. The van der Waals surface area contributed by atoms with Crippen molar-refractivity contribution in [1.29, 1.82) is 0 Å². The molecule has 5 unspecified atom stereocenters. The molecule has 0 aromatic heterocycles. The Morgan fingerprint density at radius 3 is 2.56 bits per heavy atom. The van der Waals surface area contributed by atoms with Crippen molar-refractivity contribution >= 4 is 0 Å². The fourth-order valence-corrected chi connectivity index (χ4v) is 4.23. The SMILES string of the molecule is CCCCC1(CC)OCC(C2OCC(OC3(O)CCCCC3)C2O)O1. The fraction of sp³-hybridized carbons (Fsp3) is 1.00. The largest absolute Gasteiger partial charge is 0.387 e. The lowest BCUT2D eigenvalue weighted by molar-refractivity contribution is -0.255. The van der Waals surface area contributed by atoms with E-state index in [1.807, 2.05) is 0 Å². The second-order valence-corrected chi connectivity index (χ2v) is 7.79. The molecule has 5 atom stereocenters. The molecule has 0 bridgehead atoms. The average molecular weight is 358 g/mol. The van der Waals surface area contributed by atoms with E-state index < -0.39 is 29.9 Å². The van der Waals surface area contributed by atoms with Crippen LogP contribution in [-0.4, -0.2) is 59.4 Å². The van der Waals surface area contributed by atoms with Crippen molar-refractivity contribution in [2.45, 2.75) is 108 Å². The highest BCUT2D eigenvalue weighted by Gasteiger charge is 2.50. The molecule has 3 fully saturated rings. The van der Waals surface area contributed by atoms with Crippen LogP contribution in [0.4, 0.5) is 0 Å². The highest BCUT2D eigenvalue weighted by Crippen LogP contribution is 2.38. The van der Waals surface area contributed by atoms with E-state index in [4.69, 9.17) is 18.9 Å². The van der Waals surface area contributed by atoms with Crippen LogP contribution in [0.2, 0.25) is 0 Å². The third-order valence-corrected chi connectivity index (χ3v) is 5.87.